The molecular formula is C32H40N6O2. The molecular weight excluding hydrogens is 500 g/mol. The highest BCUT2D eigenvalue weighted by Gasteiger charge is 2.20. The fraction of sp³-hybridized carbons (Fsp3) is 0.406. The molecule has 1 amide bonds. The largest absolute Gasteiger partial charge is 0.354 e. The molecule has 210 valence electrons. The van der Waals surface area contributed by atoms with Gasteiger partial charge >= 0.3 is 0 Å². The summed E-state index contributed by atoms with van der Waals surface area (Å²) in [5.74, 6) is 0.796. The van der Waals surface area contributed by atoms with E-state index in [1.54, 1.807) is 0 Å². The number of piperazine rings is 1. The van der Waals surface area contributed by atoms with Gasteiger partial charge in [0.2, 0.25) is 0 Å². The molecule has 1 aromatic carbocycles. The summed E-state index contributed by atoms with van der Waals surface area (Å²) in [6, 6.07) is 10.2. The molecule has 8 nitrogen and oxygen atoms in total. The Balaban J connectivity index is 1.48. The van der Waals surface area contributed by atoms with Gasteiger partial charge in [-0.25, -0.2) is 4.98 Å². The number of likely N-dealkylation sites (N-methyl/N-ethyl adjacent to an activating group) is 1. The Morgan fingerprint density at radius 2 is 1.77 bits per heavy atom. The molecule has 1 fully saturated rings. The van der Waals surface area contributed by atoms with Crippen LogP contribution in [-0.2, 0) is 13.1 Å². The molecule has 0 unspecified atom stereocenters. The van der Waals surface area contributed by atoms with E-state index in [0.29, 0.717) is 11.1 Å². The predicted octanol–water partition coefficient (Wildman–Crippen LogP) is 4.80. The second-order valence-electron chi connectivity index (χ2n) is 10.9. The Morgan fingerprint density at radius 3 is 2.42 bits per heavy atom. The number of nitrogens with zero attached hydrogens (tertiary/aromatic N) is 4. The Kier molecular flexibility index (Phi) is 8.07. The summed E-state index contributed by atoms with van der Waals surface area (Å²) in [5.41, 5.74) is 6.72. The molecule has 0 radical (unpaired) electrons. The van der Waals surface area contributed by atoms with Crippen LogP contribution in [0.3, 0.4) is 0 Å². The van der Waals surface area contributed by atoms with Crippen LogP contribution in [-0.4, -0.2) is 58.1 Å². The summed E-state index contributed by atoms with van der Waals surface area (Å²) in [6.45, 7) is 16.3. The number of aromatic amines is 1. The molecule has 4 aromatic rings. The molecule has 1 aliphatic rings. The van der Waals surface area contributed by atoms with Gasteiger partial charge < -0.3 is 24.7 Å². The third-order valence-corrected chi connectivity index (χ3v) is 8.02. The predicted molar refractivity (Wildman–Crippen MR) is 162 cm³/mol. The number of aromatic nitrogens is 3. The molecule has 0 aliphatic carbocycles. The van der Waals surface area contributed by atoms with Gasteiger partial charge in [-0.1, -0.05) is 13.8 Å². The number of carbonyl (C=O) groups excluding carboxylic acids is 1. The molecule has 8 heteroatoms. The lowest BCUT2D eigenvalue weighted by molar-refractivity contribution is 0.0952. The Labute approximate surface area is 236 Å². The number of rotatable bonds is 8. The Hall–Kier alpha value is -3.91. The van der Waals surface area contributed by atoms with Crippen LogP contribution >= 0.6 is 0 Å². The maximum Gasteiger partial charge on any atom is 0.253 e. The zero-order chi connectivity index (χ0) is 28.4. The smallest absolute Gasteiger partial charge is 0.253 e. The number of fused-ring (bicyclic) bond motifs is 1. The average molecular weight is 541 g/mol. The lowest BCUT2D eigenvalue weighted by Gasteiger charge is -2.34. The number of hydrogen-bond donors (Lipinski definition) is 2. The van der Waals surface area contributed by atoms with Gasteiger partial charge in [-0.15, -0.1) is 0 Å². The quantitative estimate of drug-likeness (QED) is 0.335. The first-order chi connectivity index (χ1) is 19.3. The summed E-state index contributed by atoms with van der Waals surface area (Å²) in [6.07, 6.45) is 5.03. The standard InChI is InChI=1S/C32H40N6O2/c1-6-10-38-20-22(4)30-26(31(39)34-19-27-21(3)15-23(5)35-32(27)40)16-25(17-28(30)38)24-8-9-29(33-18-24)37-13-11-36(7-2)12-14-37/h8-9,15-18,20H,6-7,10-14,19H2,1-5H3,(H,34,39)(H,35,40). The van der Waals surface area contributed by atoms with Crippen LogP contribution in [0.5, 0.6) is 0 Å². The van der Waals surface area contributed by atoms with Crippen molar-refractivity contribution in [1.29, 1.82) is 0 Å². The van der Waals surface area contributed by atoms with Gasteiger partial charge in [-0.2, -0.15) is 0 Å². The lowest BCUT2D eigenvalue weighted by Crippen LogP contribution is -2.46. The SMILES string of the molecule is CCCn1cc(C)c2c(C(=O)NCc3c(C)cc(C)[nH]c3=O)cc(-c3ccc(N4CCN(CC)CC4)nc3)cc21. The third kappa shape index (κ3) is 5.54. The highest BCUT2D eigenvalue weighted by Crippen LogP contribution is 2.32. The minimum absolute atomic E-state index is 0.163. The first-order valence-corrected chi connectivity index (χ1v) is 14.3. The lowest BCUT2D eigenvalue weighted by atomic mass is 9.98. The van der Waals surface area contributed by atoms with E-state index < -0.39 is 0 Å². The van der Waals surface area contributed by atoms with Gasteiger partial charge in [0.25, 0.3) is 11.5 Å². The van der Waals surface area contributed by atoms with Crippen molar-refractivity contribution >= 4 is 22.6 Å². The minimum atomic E-state index is -0.193. The van der Waals surface area contributed by atoms with E-state index in [-0.39, 0.29) is 18.0 Å². The maximum absolute atomic E-state index is 13.7. The van der Waals surface area contributed by atoms with Gasteiger partial charge in [0.1, 0.15) is 5.82 Å². The molecule has 5 rings (SSSR count). The normalized spacial score (nSPS) is 14.2. The number of pyridine rings is 2. The monoisotopic (exact) mass is 540 g/mol. The van der Waals surface area contributed by atoms with E-state index in [1.165, 1.54) is 0 Å². The summed E-state index contributed by atoms with van der Waals surface area (Å²) in [7, 11) is 0. The fourth-order valence-electron chi connectivity index (χ4n) is 5.81. The van der Waals surface area contributed by atoms with E-state index in [1.807, 2.05) is 32.2 Å². The number of amides is 1. The van der Waals surface area contributed by atoms with Crippen LogP contribution in [0.2, 0.25) is 0 Å². The molecule has 0 spiro atoms. The van der Waals surface area contributed by atoms with E-state index >= 15 is 0 Å². The number of hydrogen-bond acceptors (Lipinski definition) is 5. The Morgan fingerprint density at radius 1 is 1.00 bits per heavy atom. The zero-order valence-electron chi connectivity index (χ0n) is 24.3. The van der Waals surface area contributed by atoms with Crippen LogP contribution in [0.15, 0.2) is 47.5 Å². The van der Waals surface area contributed by atoms with Gasteiger partial charge in [0.15, 0.2) is 0 Å². The molecule has 40 heavy (non-hydrogen) atoms. The van der Waals surface area contributed by atoms with Crippen LogP contribution in [0.25, 0.3) is 22.0 Å². The topological polar surface area (TPSA) is 86.3 Å². The van der Waals surface area contributed by atoms with Gasteiger partial charge in [0.05, 0.1) is 0 Å². The Bertz CT molecular complexity index is 1580. The summed E-state index contributed by atoms with van der Waals surface area (Å²) < 4.78 is 2.23. The molecule has 4 heterocycles. The van der Waals surface area contributed by atoms with Crippen molar-refractivity contribution in [2.75, 3.05) is 37.6 Å². The highest BCUT2D eigenvalue weighted by molar-refractivity contribution is 6.09. The summed E-state index contributed by atoms with van der Waals surface area (Å²) >= 11 is 0. The molecule has 0 bridgehead atoms. The van der Waals surface area contributed by atoms with Crippen molar-refractivity contribution in [2.45, 2.75) is 54.1 Å². The second kappa shape index (κ2) is 11.7. The second-order valence-corrected chi connectivity index (χ2v) is 10.9. The van der Waals surface area contributed by atoms with Crippen molar-refractivity contribution in [3.8, 4) is 11.1 Å². The summed E-state index contributed by atoms with van der Waals surface area (Å²) in [4.78, 5) is 38.7. The zero-order valence-corrected chi connectivity index (χ0v) is 24.3. The summed E-state index contributed by atoms with van der Waals surface area (Å²) in [5, 5.41) is 3.97. The number of aryl methyl sites for hydroxylation is 4. The van der Waals surface area contributed by atoms with Crippen molar-refractivity contribution in [1.82, 2.24) is 24.8 Å². The van der Waals surface area contributed by atoms with Crippen LogP contribution < -0.4 is 15.8 Å². The van der Waals surface area contributed by atoms with Crippen LogP contribution in [0.4, 0.5) is 5.82 Å². The number of anilines is 1. The first kappa shape index (κ1) is 27.6. The molecule has 3 aromatic heterocycles. The van der Waals surface area contributed by atoms with Gasteiger partial charge in [0, 0.05) is 84.9 Å². The van der Waals surface area contributed by atoms with Crippen LogP contribution in [0.1, 0.15) is 53.0 Å². The maximum atomic E-state index is 13.7. The van der Waals surface area contributed by atoms with Crippen molar-refractivity contribution in [3.05, 3.63) is 81.0 Å². The minimum Gasteiger partial charge on any atom is -0.354 e. The van der Waals surface area contributed by atoms with E-state index in [4.69, 9.17) is 4.98 Å². The number of H-pyrrole nitrogens is 1. The van der Waals surface area contributed by atoms with Gasteiger partial charge in [-0.05, 0) is 80.8 Å². The van der Waals surface area contributed by atoms with Gasteiger partial charge in [-0.3, -0.25) is 9.59 Å². The number of benzene rings is 1. The van der Waals surface area contributed by atoms with Crippen molar-refractivity contribution in [3.63, 3.8) is 0 Å². The van der Waals surface area contributed by atoms with Crippen molar-refractivity contribution in [2.24, 2.45) is 0 Å². The molecule has 0 saturated carbocycles. The van der Waals surface area contributed by atoms with Crippen LogP contribution in [0, 0.1) is 20.8 Å². The molecule has 1 aliphatic heterocycles. The fourth-order valence-corrected chi connectivity index (χ4v) is 5.81. The van der Waals surface area contributed by atoms with Crippen molar-refractivity contribution < 1.29 is 4.79 Å². The number of nitrogens with one attached hydrogen (secondary N) is 2. The molecule has 2 N–H and O–H groups in total. The van der Waals surface area contributed by atoms with E-state index in [2.05, 4.69) is 69.8 Å². The average Bonchev–Trinajstić information content (AvgIpc) is 3.27. The van der Waals surface area contributed by atoms with E-state index in [9.17, 15) is 9.59 Å². The first-order valence-electron chi connectivity index (χ1n) is 14.3. The third-order valence-electron chi connectivity index (χ3n) is 8.02. The highest BCUT2D eigenvalue weighted by atomic mass is 16.1. The van der Waals surface area contributed by atoms with E-state index in [0.717, 1.165) is 90.4 Å². The molecule has 0 atom stereocenters. The number of carbonyl (C=O) groups is 1. The molecule has 1 saturated heterocycles.